The molecule has 0 saturated heterocycles. The quantitative estimate of drug-likeness (QED) is 0.609. The SMILES string of the molecule is C=C(C)C#CC(CC(C)C)OC(=O)c1ccc(OC)cc1. The predicted molar refractivity (Wildman–Crippen MR) is 84.2 cm³/mol. The minimum Gasteiger partial charge on any atom is -0.497 e. The largest absolute Gasteiger partial charge is 0.497 e. The first-order valence-corrected chi connectivity index (χ1v) is 6.94. The lowest BCUT2D eigenvalue weighted by Crippen LogP contribution is -2.18. The fourth-order valence-corrected chi connectivity index (χ4v) is 1.69. The average molecular weight is 286 g/mol. The first-order chi connectivity index (χ1) is 9.92. The minimum atomic E-state index is -0.420. The van der Waals surface area contributed by atoms with Gasteiger partial charge in [0.1, 0.15) is 5.75 Å². The van der Waals surface area contributed by atoms with Crippen LogP contribution in [-0.4, -0.2) is 19.2 Å². The van der Waals surface area contributed by atoms with E-state index in [0.717, 1.165) is 5.57 Å². The summed E-state index contributed by atoms with van der Waals surface area (Å²) in [4.78, 5) is 12.1. The number of allylic oxidation sites excluding steroid dienone is 1. The summed E-state index contributed by atoms with van der Waals surface area (Å²) in [6.07, 6.45) is 0.277. The van der Waals surface area contributed by atoms with E-state index >= 15 is 0 Å². The number of hydrogen-bond acceptors (Lipinski definition) is 3. The number of benzene rings is 1. The smallest absolute Gasteiger partial charge is 0.339 e. The Balaban J connectivity index is 2.79. The molecule has 112 valence electrons. The van der Waals surface area contributed by atoms with Gasteiger partial charge in [-0.2, -0.15) is 0 Å². The molecule has 0 radical (unpaired) electrons. The van der Waals surface area contributed by atoms with Crippen molar-refractivity contribution in [2.75, 3.05) is 7.11 Å². The molecule has 3 heteroatoms. The maximum Gasteiger partial charge on any atom is 0.339 e. The summed E-state index contributed by atoms with van der Waals surface area (Å²) in [6, 6.07) is 6.82. The van der Waals surface area contributed by atoms with Crippen LogP contribution in [0, 0.1) is 17.8 Å². The summed E-state index contributed by atoms with van der Waals surface area (Å²) in [7, 11) is 1.58. The first-order valence-electron chi connectivity index (χ1n) is 6.94. The van der Waals surface area contributed by atoms with Gasteiger partial charge < -0.3 is 9.47 Å². The molecule has 21 heavy (non-hydrogen) atoms. The van der Waals surface area contributed by atoms with Gasteiger partial charge >= 0.3 is 5.97 Å². The molecule has 1 unspecified atom stereocenters. The van der Waals surface area contributed by atoms with Gasteiger partial charge in [0, 0.05) is 0 Å². The van der Waals surface area contributed by atoms with Crippen molar-refractivity contribution in [1.29, 1.82) is 0 Å². The fraction of sp³-hybridized carbons (Fsp3) is 0.389. The van der Waals surface area contributed by atoms with E-state index < -0.39 is 6.10 Å². The van der Waals surface area contributed by atoms with Gasteiger partial charge in [0.05, 0.1) is 12.7 Å². The van der Waals surface area contributed by atoms with Crippen LogP contribution >= 0.6 is 0 Å². The lowest BCUT2D eigenvalue weighted by molar-refractivity contribution is 0.0377. The number of carbonyl (C=O) groups is 1. The maximum absolute atomic E-state index is 12.1. The standard InChI is InChI=1S/C18H22O3/c1-13(2)6-9-17(12-14(3)4)21-18(19)15-7-10-16(20-5)11-8-15/h7-8,10-11,14,17H,1,12H2,2-5H3. The molecule has 0 saturated carbocycles. The molecule has 1 aromatic rings. The Labute approximate surface area is 127 Å². The van der Waals surface area contributed by atoms with Gasteiger partial charge in [0.15, 0.2) is 6.10 Å². The third-order valence-electron chi connectivity index (χ3n) is 2.71. The van der Waals surface area contributed by atoms with Crippen molar-refractivity contribution in [1.82, 2.24) is 0 Å². The number of methoxy groups -OCH3 is 1. The first kappa shape index (κ1) is 16.8. The molecule has 0 aliphatic carbocycles. The number of rotatable bonds is 5. The zero-order chi connectivity index (χ0) is 15.8. The summed E-state index contributed by atoms with van der Waals surface area (Å²) < 4.78 is 10.5. The molecule has 1 aromatic carbocycles. The summed E-state index contributed by atoms with van der Waals surface area (Å²) >= 11 is 0. The lowest BCUT2D eigenvalue weighted by atomic mass is 10.1. The van der Waals surface area contributed by atoms with Gasteiger partial charge in [-0.1, -0.05) is 32.3 Å². The molecule has 0 aliphatic heterocycles. The molecule has 1 rings (SSSR count). The van der Waals surface area contributed by atoms with Crippen molar-refractivity contribution < 1.29 is 14.3 Å². The molecule has 0 spiro atoms. The van der Waals surface area contributed by atoms with Crippen molar-refractivity contribution in [3.05, 3.63) is 42.0 Å². The molecule has 0 aliphatic rings. The predicted octanol–water partition coefficient (Wildman–Crippen LogP) is 3.85. The monoisotopic (exact) mass is 286 g/mol. The highest BCUT2D eigenvalue weighted by atomic mass is 16.5. The summed E-state index contributed by atoms with van der Waals surface area (Å²) in [5.41, 5.74) is 1.24. The Bertz CT molecular complexity index is 544. The Morgan fingerprint density at radius 1 is 1.29 bits per heavy atom. The van der Waals surface area contributed by atoms with Crippen LogP contribution in [0.25, 0.3) is 0 Å². The van der Waals surface area contributed by atoms with E-state index in [2.05, 4.69) is 32.3 Å². The third-order valence-corrected chi connectivity index (χ3v) is 2.71. The Kier molecular flexibility index (Phi) is 6.55. The second-order valence-electron chi connectivity index (χ2n) is 5.30. The highest BCUT2D eigenvalue weighted by Crippen LogP contribution is 2.15. The number of carbonyl (C=O) groups excluding carboxylic acids is 1. The maximum atomic E-state index is 12.1. The van der Waals surface area contributed by atoms with Crippen LogP contribution < -0.4 is 4.74 Å². The molecule has 0 amide bonds. The van der Waals surface area contributed by atoms with Crippen LogP contribution in [0.5, 0.6) is 5.75 Å². The van der Waals surface area contributed by atoms with Crippen LogP contribution in [0.4, 0.5) is 0 Å². The van der Waals surface area contributed by atoms with Gasteiger partial charge in [-0.3, -0.25) is 0 Å². The third kappa shape index (κ3) is 6.18. The van der Waals surface area contributed by atoms with Crippen LogP contribution in [0.1, 0.15) is 37.6 Å². The second kappa shape index (κ2) is 8.16. The van der Waals surface area contributed by atoms with Gasteiger partial charge in [-0.25, -0.2) is 4.79 Å². The second-order valence-corrected chi connectivity index (χ2v) is 5.30. The molecule has 1 atom stereocenters. The summed E-state index contributed by atoms with van der Waals surface area (Å²) in [6.45, 7) is 9.69. The summed E-state index contributed by atoms with van der Waals surface area (Å²) in [5.74, 6) is 6.55. The topological polar surface area (TPSA) is 35.5 Å². The molecular formula is C18H22O3. The highest BCUT2D eigenvalue weighted by Gasteiger charge is 2.15. The minimum absolute atomic E-state index is 0.376. The number of hydrogen-bond donors (Lipinski definition) is 0. The molecular weight excluding hydrogens is 264 g/mol. The van der Waals surface area contributed by atoms with Gasteiger partial charge in [0.25, 0.3) is 0 Å². The van der Waals surface area contributed by atoms with E-state index in [1.165, 1.54) is 0 Å². The van der Waals surface area contributed by atoms with E-state index in [0.29, 0.717) is 23.7 Å². The molecule has 0 fully saturated rings. The molecule has 0 heterocycles. The van der Waals surface area contributed by atoms with Crippen LogP contribution in [0.2, 0.25) is 0 Å². The number of esters is 1. The molecule has 0 N–H and O–H groups in total. The van der Waals surface area contributed by atoms with Crippen molar-refractivity contribution in [2.45, 2.75) is 33.3 Å². The molecule has 0 bridgehead atoms. The Morgan fingerprint density at radius 3 is 2.38 bits per heavy atom. The molecule has 3 nitrogen and oxygen atoms in total. The van der Waals surface area contributed by atoms with E-state index in [9.17, 15) is 4.79 Å². The van der Waals surface area contributed by atoms with Crippen molar-refractivity contribution >= 4 is 5.97 Å². The van der Waals surface area contributed by atoms with E-state index in [1.54, 1.807) is 31.4 Å². The van der Waals surface area contributed by atoms with E-state index in [-0.39, 0.29) is 5.97 Å². The highest BCUT2D eigenvalue weighted by molar-refractivity contribution is 5.89. The van der Waals surface area contributed by atoms with E-state index in [4.69, 9.17) is 9.47 Å². The Morgan fingerprint density at radius 2 is 1.90 bits per heavy atom. The van der Waals surface area contributed by atoms with Crippen LogP contribution in [0.3, 0.4) is 0 Å². The zero-order valence-electron chi connectivity index (χ0n) is 13.1. The summed E-state index contributed by atoms with van der Waals surface area (Å²) in [5, 5.41) is 0. The average Bonchev–Trinajstić information content (AvgIpc) is 2.44. The van der Waals surface area contributed by atoms with Crippen molar-refractivity contribution in [3.8, 4) is 17.6 Å². The Hall–Kier alpha value is -2.21. The van der Waals surface area contributed by atoms with Gasteiger partial charge in [-0.05, 0) is 49.1 Å². The van der Waals surface area contributed by atoms with Crippen molar-refractivity contribution in [3.63, 3.8) is 0 Å². The lowest BCUT2D eigenvalue weighted by Gasteiger charge is -2.14. The molecule has 0 aromatic heterocycles. The zero-order valence-corrected chi connectivity index (χ0v) is 13.1. The van der Waals surface area contributed by atoms with E-state index in [1.807, 2.05) is 6.92 Å². The van der Waals surface area contributed by atoms with Gasteiger partial charge in [-0.15, -0.1) is 0 Å². The van der Waals surface area contributed by atoms with Crippen LogP contribution in [0.15, 0.2) is 36.4 Å². The normalized spacial score (nSPS) is 11.3. The fourth-order valence-electron chi connectivity index (χ4n) is 1.69. The number of ether oxygens (including phenoxy) is 2. The van der Waals surface area contributed by atoms with Crippen molar-refractivity contribution in [2.24, 2.45) is 5.92 Å². The van der Waals surface area contributed by atoms with Gasteiger partial charge in [0.2, 0.25) is 0 Å². The van der Waals surface area contributed by atoms with Crippen LogP contribution in [-0.2, 0) is 4.74 Å².